The second-order valence-electron chi connectivity index (χ2n) is 8.24. The molecule has 1 amide bonds. The highest BCUT2D eigenvalue weighted by atomic mass is 32.2. The summed E-state index contributed by atoms with van der Waals surface area (Å²) in [7, 11) is -3.65. The van der Waals surface area contributed by atoms with Gasteiger partial charge in [-0.05, 0) is 56.5 Å². The number of nitrogens with one attached hydrogen (secondary N) is 1. The van der Waals surface area contributed by atoms with Gasteiger partial charge in [0, 0.05) is 32.0 Å². The summed E-state index contributed by atoms with van der Waals surface area (Å²) in [5, 5.41) is 11.3. The molecule has 0 bridgehead atoms. The van der Waals surface area contributed by atoms with Gasteiger partial charge in [0.05, 0.1) is 22.7 Å². The van der Waals surface area contributed by atoms with Gasteiger partial charge >= 0.3 is 0 Å². The first-order valence-corrected chi connectivity index (χ1v) is 12.5. The molecule has 0 spiro atoms. The Balaban J connectivity index is 1.36. The number of carbonyl (C=O) groups excluding carboxylic acids is 1. The van der Waals surface area contributed by atoms with Crippen LogP contribution < -0.4 is 5.32 Å². The van der Waals surface area contributed by atoms with Crippen molar-refractivity contribution in [2.24, 2.45) is 5.92 Å². The Morgan fingerprint density at radius 3 is 2.75 bits per heavy atom. The average molecular weight is 460 g/mol. The minimum atomic E-state index is -3.65. The molecule has 2 aromatic heterocycles. The van der Waals surface area contributed by atoms with E-state index in [9.17, 15) is 13.2 Å². The lowest BCUT2D eigenvalue weighted by Gasteiger charge is -2.30. The van der Waals surface area contributed by atoms with Crippen LogP contribution in [-0.4, -0.2) is 53.3 Å². The highest BCUT2D eigenvalue weighted by Gasteiger charge is 2.32. The van der Waals surface area contributed by atoms with Crippen molar-refractivity contribution in [1.82, 2.24) is 24.6 Å². The van der Waals surface area contributed by atoms with Gasteiger partial charge in [0.15, 0.2) is 0 Å². The highest BCUT2D eigenvalue weighted by molar-refractivity contribution is 7.89. The van der Waals surface area contributed by atoms with E-state index < -0.39 is 10.0 Å². The SMILES string of the molecule is CC[C@@H](C)n1nnc2cc(S(=O)(=O)N3CCC(C(=O)NCCc4ccco4)CC3)ccc21. The van der Waals surface area contributed by atoms with E-state index in [-0.39, 0.29) is 22.8 Å². The van der Waals surface area contributed by atoms with Crippen molar-refractivity contribution >= 4 is 27.0 Å². The summed E-state index contributed by atoms with van der Waals surface area (Å²) in [6, 6.07) is 8.85. The lowest BCUT2D eigenvalue weighted by molar-refractivity contribution is -0.126. The largest absolute Gasteiger partial charge is 0.469 e. The molecule has 0 unspecified atom stereocenters. The number of furan rings is 1. The number of carbonyl (C=O) groups is 1. The molecule has 4 rings (SSSR count). The number of amides is 1. The summed E-state index contributed by atoms with van der Waals surface area (Å²) in [5.41, 5.74) is 1.39. The van der Waals surface area contributed by atoms with E-state index in [2.05, 4.69) is 29.5 Å². The fraction of sp³-hybridized carbons (Fsp3) is 0.500. The van der Waals surface area contributed by atoms with E-state index in [1.165, 1.54) is 4.31 Å². The first-order chi connectivity index (χ1) is 15.4. The Hall–Kier alpha value is -2.72. The van der Waals surface area contributed by atoms with Crippen molar-refractivity contribution in [2.75, 3.05) is 19.6 Å². The maximum Gasteiger partial charge on any atom is 0.243 e. The maximum absolute atomic E-state index is 13.2. The van der Waals surface area contributed by atoms with Gasteiger partial charge in [-0.3, -0.25) is 4.79 Å². The predicted molar refractivity (Wildman–Crippen MR) is 119 cm³/mol. The zero-order chi connectivity index (χ0) is 22.7. The van der Waals surface area contributed by atoms with Crippen LogP contribution in [0.2, 0.25) is 0 Å². The van der Waals surface area contributed by atoms with Crippen LogP contribution in [0.15, 0.2) is 45.9 Å². The molecule has 1 aliphatic heterocycles. The van der Waals surface area contributed by atoms with Crippen LogP contribution in [0.3, 0.4) is 0 Å². The van der Waals surface area contributed by atoms with E-state index in [1.54, 1.807) is 24.5 Å². The van der Waals surface area contributed by atoms with Gasteiger partial charge in [0.1, 0.15) is 11.3 Å². The Morgan fingerprint density at radius 2 is 2.06 bits per heavy atom. The fourth-order valence-corrected chi connectivity index (χ4v) is 5.49. The van der Waals surface area contributed by atoms with Crippen molar-refractivity contribution in [3.05, 3.63) is 42.4 Å². The molecule has 3 aromatic rings. The van der Waals surface area contributed by atoms with Crippen molar-refractivity contribution in [3.63, 3.8) is 0 Å². The van der Waals surface area contributed by atoms with Crippen LogP contribution in [-0.2, 0) is 21.2 Å². The van der Waals surface area contributed by atoms with Gasteiger partial charge in [-0.15, -0.1) is 5.10 Å². The summed E-state index contributed by atoms with van der Waals surface area (Å²) in [5.74, 6) is 0.611. The van der Waals surface area contributed by atoms with Gasteiger partial charge in [0.25, 0.3) is 0 Å². The summed E-state index contributed by atoms with van der Waals surface area (Å²) in [6.07, 6.45) is 4.15. The molecule has 0 aliphatic carbocycles. The van der Waals surface area contributed by atoms with Gasteiger partial charge < -0.3 is 9.73 Å². The number of aromatic nitrogens is 3. The van der Waals surface area contributed by atoms with Crippen molar-refractivity contribution in [1.29, 1.82) is 0 Å². The smallest absolute Gasteiger partial charge is 0.243 e. The number of piperidine rings is 1. The topological polar surface area (TPSA) is 110 Å². The second-order valence-corrected chi connectivity index (χ2v) is 10.2. The standard InChI is InChI=1S/C22H29N5O4S/c1-3-16(2)27-21-7-6-19(15-20(21)24-25-27)32(29,30)26-12-9-17(10-13-26)22(28)23-11-8-18-5-4-14-31-18/h4-7,14-17H,3,8-13H2,1-2H3,(H,23,28)/t16-/m1/s1. The molecule has 1 aliphatic rings. The van der Waals surface area contributed by atoms with E-state index in [0.29, 0.717) is 44.4 Å². The minimum Gasteiger partial charge on any atom is -0.469 e. The number of fused-ring (bicyclic) bond motifs is 1. The van der Waals surface area contributed by atoms with Crippen LogP contribution >= 0.6 is 0 Å². The van der Waals surface area contributed by atoms with E-state index in [0.717, 1.165) is 17.7 Å². The Bertz CT molecular complexity index is 1160. The molecule has 1 aromatic carbocycles. The lowest BCUT2D eigenvalue weighted by Crippen LogP contribution is -2.43. The van der Waals surface area contributed by atoms with Crippen molar-refractivity contribution in [3.8, 4) is 0 Å². The molecule has 1 fully saturated rings. The van der Waals surface area contributed by atoms with Crippen LogP contribution in [0.4, 0.5) is 0 Å². The van der Waals surface area contributed by atoms with Crippen molar-refractivity contribution in [2.45, 2.75) is 50.5 Å². The molecule has 10 heteroatoms. The highest BCUT2D eigenvalue weighted by Crippen LogP contribution is 2.26. The summed E-state index contributed by atoms with van der Waals surface area (Å²) in [6.45, 7) is 5.25. The fourth-order valence-electron chi connectivity index (χ4n) is 4.00. The summed E-state index contributed by atoms with van der Waals surface area (Å²) < 4.78 is 34.9. The van der Waals surface area contributed by atoms with Crippen molar-refractivity contribution < 1.29 is 17.6 Å². The van der Waals surface area contributed by atoms with Crippen LogP contribution in [0, 0.1) is 5.92 Å². The Labute approximate surface area is 187 Å². The first kappa shape index (κ1) is 22.5. The average Bonchev–Trinajstić information content (AvgIpc) is 3.48. The molecule has 3 heterocycles. The zero-order valence-corrected chi connectivity index (χ0v) is 19.2. The monoisotopic (exact) mass is 459 g/mol. The molecule has 1 N–H and O–H groups in total. The third-order valence-corrected chi connectivity index (χ3v) is 8.06. The molecular formula is C22H29N5O4S. The molecule has 1 saturated heterocycles. The van der Waals surface area contributed by atoms with Gasteiger partial charge in [-0.1, -0.05) is 12.1 Å². The van der Waals surface area contributed by atoms with Gasteiger partial charge in [-0.2, -0.15) is 4.31 Å². The van der Waals surface area contributed by atoms with Crippen LogP contribution in [0.5, 0.6) is 0 Å². The summed E-state index contributed by atoms with van der Waals surface area (Å²) in [4.78, 5) is 12.7. The van der Waals surface area contributed by atoms with E-state index in [4.69, 9.17) is 4.42 Å². The van der Waals surface area contributed by atoms with Crippen LogP contribution in [0.25, 0.3) is 11.0 Å². The van der Waals surface area contributed by atoms with E-state index >= 15 is 0 Å². The molecule has 32 heavy (non-hydrogen) atoms. The Morgan fingerprint density at radius 1 is 1.28 bits per heavy atom. The molecular weight excluding hydrogens is 430 g/mol. The molecule has 172 valence electrons. The minimum absolute atomic E-state index is 0.0309. The lowest BCUT2D eigenvalue weighted by atomic mass is 9.97. The number of benzene rings is 1. The molecule has 9 nitrogen and oxygen atoms in total. The summed E-state index contributed by atoms with van der Waals surface area (Å²) >= 11 is 0. The third kappa shape index (κ3) is 4.56. The number of hydrogen-bond donors (Lipinski definition) is 1. The van der Waals surface area contributed by atoms with E-state index in [1.807, 2.05) is 16.8 Å². The normalized spacial score (nSPS) is 16.9. The Kier molecular flexibility index (Phi) is 6.61. The quantitative estimate of drug-likeness (QED) is 0.555. The number of sulfonamides is 1. The number of nitrogens with zero attached hydrogens (tertiary/aromatic N) is 4. The molecule has 0 radical (unpaired) electrons. The third-order valence-electron chi connectivity index (χ3n) is 6.16. The van der Waals surface area contributed by atoms with Gasteiger partial charge in [0.2, 0.25) is 15.9 Å². The second kappa shape index (κ2) is 9.41. The molecule has 1 atom stereocenters. The predicted octanol–water partition coefficient (Wildman–Crippen LogP) is 2.75. The first-order valence-electron chi connectivity index (χ1n) is 11.1. The van der Waals surface area contributed by atoms with Crippen LogP contribution in [0.1, 0.15) is 44.9 Å². The molecule has 0 saturated carbocycles. The number of hydrogen-bond acceptors (Lipinski definition) is 6. The van der Waals surface area contributed by atoms with Gasteiger partial charge in [-0.25, -0.2) is 13.1 Å². The maximum atomic E-state index is 13.2. The number of rotatable bonds is 8. The zero-order valence-electron chi connectivity index (χ0n) is 18.4.